The Morgan fingerprint density at radius 1 is 1.04 bits per heavy atom. The van der Waals surface area contributed by atoms with Crippen LogP contribution in [0.25, 0.3) is 11.3 Å². The van der Waals surface area contributed by atoms with Crippen molar-refractivity contribution in [1.29, 1.82) is 0 Å². The highest BCUT2D eigenvalue weighted by Gasteiger charge is 2.14. The van der Waals surface area contributed by atoms with Crippen molar-refractivity contribution in [1.82, 2.24) is 20.3 Å². The second-order valence-corrected chi connectivity index (χ2v) is 6.21. The van der Waals surface area contributed by atoms with Crippen LogP contribution in [-0.2, 0) is 13.1 Å². The number of hydrogen-bond acceptors (Lipinski definition) is 3. The summed E-state index contributed by atoms with van der Waals surface area (Å²) < 4.78 is 13.1. The molecule has 0 amide bonds. The Kier molecular flexibility index (Phi) is 5.56. The second kappa shape index (κ2) is 8.03. The summed E-state index contributed by atoms with van der Waals surface area (Å²) in [5.41, 5.74) is 3.83. The van der Waals surface area contributed by atoms with Gasteiger partial charge in [-0.1, -0.05) is 49.4 Å². The molecule has 0 fully saturated rings. The van der Waals surface area contributed by atoms with Crippen LogP contribution in [0.4, 0.5) is 4.39 Å². The van der Waals surface area contributed by atoms with Crippen molar-refractivity contribution in [3.8, 4) is 11.3 Å². The fraction of sp³-hybridized carbons (Fsp3) is 0.300. The van der Waals surface area contributed by atoms with E-state index in [0.29, 0.717) is 19.1 Å². The first-order valence-electron chi connectivity index (χ1n) is 8.63. The molecule has 1 heterocycles. The molecule has 0 aliphatic rings. The summed E-state index contributed by atoms with van der Waals surface area (Å²) in [5, 5.41) is 12.8. The Balaban J connectivity index is 1.86. The van der Waals surface area contributed by atoms with Crippen molar-refractivity contribution in [3.63, 3.8) is 0 Å². The topological polar surface area (TPSA) is 42.7 Å². The summed E-state index contributed by atoms with van der Waals surface area (Å²) in [4.78, 5) is 1.68. The molecular formula is C20H23FN4. The Bertz CT molecular complexity index is 796. The van der Waals surface area contributed by atoms with Gasteiger partial charge in [0.25, 0.3) is 0 Å². The van der Waals surface area contributed by atoms with Gasteiger partial charge in [0.2, 0.25) is 0 Å². The summed E-state index contributed by atoms with van der Waals surface area (Å²) in [7, 11) is 0. The molecule has 0 saturated heterocycles. The van der Waals surface area contributed by atoms with Crippen LogP contribution < -0.4 is 5.32 Å². The lowest BCUT2D eigenvalue weighted by atomic mass is 10.1. The molecule has 1 atom stereocenters. The molecule has 0 radical (unpaired) electrons. The number of hydrogen-bond donors (Lipinski definition) is 1. The van der Waals surface area contributed by atoms with Crippen LogP contribution >= 0.6 is 0 Å². The van der Waals surface area contributed by atoms with E-state index in [1.54, 1.807) is 16.9 Å². The van der Waals surface area contributed by atoms with E-state index in [1.807, 2.05) is 30.3 Å². The van der Waals surface area contributed by atoms with Gasteiger partial charge in [-0.15, -0.1) is 0 Å². The number of nitrogens with one attached hydrogen (secondary N) is 1. The highest BCUT2D eigenvalue weighted by molar-refractivity contribution is 5.60. The summed E-state index contributed by atoms with van der Waals surface area (Å²) >= 11 is 0. The molecule has 0 spiro atoms. The van der Waals surface area contributed by atoms with Gasteiger partial charge in [-0.2, -0.15) is 15.0 Å². The maximum absolute atomic E-state index is 13.1. The number of halogens is 1. The van der Waals surface area contributed by atoms with Crippen molar-refractivity contribution in [2.24, 2.45) is 0 Å². The van der Waals surface area contributed by atoms with Crippen molar-refractivity contribution in [3.05, 3.63) is 71.7 Å². The van der Waals surface area contributed by atoms with E-state index < -0.39 is 0 Å². The Labute approximate surface area is 147 Å². The van der Waals surface area contributed by atoms with E-state index in [4.69, 9.17) is 0 Å². The lowest BCUT2D eigenvalue weighted by molar-refractivity contribution is 0.520. The van der Waals surface area contributed by atoms with E-state index >= 15 is 0 Å². The fourth-order valence-corrected chi connectivity index (χ4v) is 2.56. The first-order valence-corrected chi connectivity index (χ1v) is 8.63. The lowest BCUT2D eigenvalue weighted by Crippen LogP contribution is -2.25. The van der Waals surface area contributed by atoms with Crippen LogP contribution in [0.15, 0.2) is 54.6 Å². The molecule has 0 aliphatic heterocycles. The van der Waals surface area contributed by atoms with Crippen LogP contribution in [0.3, 0.4) is 0 Å². The molecule has 5 heteroatoms. The van der Waals surface area contributed by atoms with Crippen molar-refractivity contribution in [2.75, 3.05) is 0 Å². The normalized spacial score (nSPS) is 12.3. The van der Waals surface area contributed by atoms with Crippen LogP contribution in [-0.4, -0.2) is 21.0 Å². The highest BCUT2D eigenvalue weighted by atomic mass is 19.1. The Hall–Kier alpha value is -2.53. The third-order valence-corrected chi connectivity index (χ3v) is 4.24. The average Bonchev–Trinajstić information content (AvgIpc) is 3.05. The van der Waals surface area contributed by atoms with Gasteiger partial charge >= 0.3 is 0 Å². The quantitative estimate of drug-likeness (QED) is 0.707. The van der Waals surface area contributed by atoms with E-state index in [2.05, 4.69) is 29.4 Å². The van der Waals surface area contributed by atoms with Crippen molar-refractivity contribution in [2.45, 2.75) is 39.4 Å². The van der Waals surface area contributed by atoms with E-state index in [9.17, 15) is 4.39 Å². The zero-order chi connectivity index (χ0) is 17.6. The molecule has 25 heavy (non-hydrogen) atoms. The van der Waals surface area contributed by atoms with Crippen LogP contribution in [0.1, 0.15) is 31.5 Å². The van der Waals surface area contributed by atoms with Crippen LogP contribution in [0.2, 0.25) is 0 Å². The first-order chi connectivity index (χ1) is 12.2. The zero-order valence-corrected chi connectivity index (χ0v) is 14.6. The molecule has 1 N–H and O–H groups in total. The number of rotatable bonds is 7. The average molecular weight is 338 g/mol. The molecule has 3 aromatic rings. The Morgan fingerprint density at radius 3 is 2.44 bits per heavy atom. The fourth-order valence-electron chi connectivity index (χ4n) is 2.56. The minimum Gasteiger partial charge on any atom is -0.309 e. The number of aromatic nitrogens is 3. The zero-order valence-electron chi connectivity index (χ0n) is 14.6. The monoisotopic (exact) mass is 338 g/mol. The third-order valence-electron chi connectivity index (χ3n) is 4.24. The van der Waals surface area contributed by atoms with Gasteiger partial charge in [0.05, 0.1) is 6.54 Å². The predicted molar refractivity (Wildman–Crippen MR) is 97.6 cm³/mol. The predicted octanol–water partition coefficient (Wildman–Crippen LogP) is 4.02. The van der Waals surface area contributed by atoms with Gasteiger partial charge < -0.3 is 5.32 Å². The van der Waals surface area contributed by atoms with Crippen LogP contribution in [0, 0.1) is 5.82 Å². The summed E-state index contributed by atoms with van der Waals surface area (Å²) in [5.74, 6) is -0.236. The van der Waals surface area contributed by atoms with Gasteiger partial charge in [0, 0.05) is 18.2 Å². The molecule has 130 valence electrons. The minimum absolute atomic E-state index is 0.236. The Morgan fingerprint density at radius 2 is 1.76 bits per heavy atom. The standard InChI is InChI=1S/C20H23FN4/c1-3-15(2)22-13-19-20(17-7-5-4-6-8-17)24-25(23-19)14-16-9-11-18(21)12-10-16/h4-12,15,22H,3,13-14H2,1-2H3/t15-/m0/s1. The molecule has 2 aromatic carbocycles. The third kappa shape index (κ3) is 4.51. The van der Waals surface area contributed by atoms with Crippen LogP contribution in [0.5, 0.6) is 0 Å². The molecule has 0 aliphatic carbocycles. The summed E-state index contributed by atoms with van der Waals surface area (Å²) in [6.45, 7) is 5.50. The highest BCUT2D eigenvalue weighted by Crippen LogP contribution is 2.20. The van der Waals surface area contributed by atoms with Gasteiger partial charge in [0.15, 0.2) is 0 Å². The molecule has 0 unspecified atom stereocenters. The van der Waals surface area contributed by atoms with E-state index in [0.717, 1.165) is 28.9 Å². The SMILES string of the molecule is CC[C@H](C)NCc1nn(Cc2ccc(F)cc2)nc1-c1ccccc1. The van der Waals surface area contributed by atoms with E-state index in [-0.39, 0.29) is 5.82 Å². The first kappa shape index (κ1) is 17.3. The van der Waals surface area contributed by atoms with Gasteiger partial charge in [-0.05, 0) is 31.0 Å². The number of benzene rings is 2. The molecular weight excluding hydrogens is 315 g/mol. The second-order valence-electron chi connectivity index (χ2n) is 6.21. The maximum Gasteiger partial charge on any atom is 0.123 e. The largest absolute Gasteiger partial charge is 0.309 e. The number of nitrogens with zero attached hydrogens (tertiary/aromatic N) is 3. The maximum atomic E-state index is 13.1. The molecule has 4 nitrogen and oxygen atoms in total. The minimum atomic E-state index is -0.236. The van der Waals surface area contributed by atoms with Gasteiger partial charge in [-0.25, -0.2) is 4.39 Å². The van der Waals surface area contributed by atoms with Gasteiger partial charge in [-0.3, -0.25) is 0 Å². The lowest BCUT2D eigenvalue weighted by Gasteiger charge is -2.10. The molecule has 1 aromatic heterocycles. The molecule has 0 bridgehead atoms. The van der Waals surface area contributed by atoms with Crippen molar-refractivity contribution < 1.29 is 4.39 Å². The summed E-state index contributed by atoms with van der Waals surface area (Å²) in [6.07, 6.45) is 1.06. The smallest absolute Gasteiger partial charge is 0.123 e. The molecule has 0 saturated carbocycles. The summed E-state index contributed by atoms with van der Waals surface area (Å²) in [6, 6.07) is 16.9. The molecule has 3 rings (SSSR count). The van der Waals surface area contributed by atoms with Crippen molar-refractivity contribution >= 4 is 0 Å². The van der Waals surface area contributed by atoms with E-state index in [1.165, 1.54) is 12.1 Å². The van der Waals surface area contributed by atoms with Gasteiger partial charge in [0.1, 0.15) is 17.2 Å².